The second-order valence-electron chi connectivity index (χ2n) is 5.28. The lowest BCUT2D eigenvalue weighted by Gasteiger charge is -2.02. The minimum atomic E-state index is -0.346. The number of carbonyl (C=O) groups is 1. The fourth-order valence-electron chi connectivity index (χ4n) is 2.16. The summed E-state index contributed by atoms with van der Waals surface area (Å²) in [7, 11) is 0. The third-order valence-corrected chi connectivity index (χ3v) is 4.38. The van der Waals surface area contributed by atoms with Gasteiger partial charge in [-0.1, -0.05) is 56.1 Å². The first-order valence-corrected chi connectivity index (χ1v) is 9.05. The number of amides is 1. The fraction of sp³-hybridized carbons (Fsp3) is 0.0556. The van der Waals surface area contributed by atoms with E-state index in [1.807, 2.05) is 48.5 Å². The van der Waals surface area contributed by atoms with Gasteiger partial charge >= 0.3 is 0 Å². The molecule has 25 heavy (non-hydrogen) atoms. The van der Waals surface area contributed by atoms with Crippen molar-refractivity contribution in [2.75, 3.05) is 0 Å². The zero-order valence-corrected chi connectivity index (χ0v) is 16.2. The van der Waals surface area contributed by atoms with E-state index in [9.17, 15) is 4.79 Å². The Balaban J connectivity index is 1.59. The lowest BCUT2D eigenvalue weighted by Crippen LogP contribution is -2.18. The molecule has 7 heteroatoms. The van der Waals surface area contributed by atoms with Crippen LogP contribution < -0.4 is 5.43 Å². The van der Waals surface area contributed by atoms with E-state index >= 15 is 0 Å². The molecule has 0 fully saturated rings. The van der Waals surface area contributed by atoms with Gasteiger partial charge in [0.25, 0.3) is 5.91 Å². The molecule has 1 aromatic heterocycles. The van der Waals surface area contributed by atoms with Crippen LogP contribution in [0.3, 0.4) is 0 Å². The highest BCUT2D eigenvalue weighted by Gasteiger charge is 2.08. The van der Waals surface area contributed by atoms with E-state index in [4.69, 9.17) is 0 Å². The van der Waals surface area contributed by atoms with E-state index in [0.717, 1.165) is 20.1 Å². The predicted molar refractivity (Wildman–Crippen MR) is 105 cm³/mol. The van der Waals surface area contributed by atoms with Crippen LogP contribution in [-0.4, -0.2) is 21.9 Å². The first-order chi connectivity index (χ1) is 12.1. The van der Waals surface area contributed by atoms with Crippen LogP contribution in [-0.2, 0) is 6.54 Å². The number of halogens is 2. The van der Waals surface area contributed by atoms with Gasteiger partial charge < -0.3 is 0 Å². The molecule has 126 valence electrons. The number of nitrogens with zero attached hydrogens (tertiary/aromatic N) is 3. The summed E-state index contributed by atoms with van der Waals surface area (Å²) in [5.41, 5.74) is 4.79. The Morgan fingerprint density at radius 2 is 1.92 bits per heavy atom. The van der Waals surface area contributed by atoms with Crippen LogP contribution in [0, 0.1) is 0 Å². The van der Waals surface area contributed by atoms with Crippen molar-refractivity contribution in [3.63, 3.8) is 0 Å². The average molecular weight is 462 g/mol. The van der Waals surface area contributed by atoms with Crippen molar-refractivity contribution >= 4 is 44.0 Å². The maximum Gasteiger partial charge on any atom is 0.291 e. The van der Waals surface area contributed by atoms with Crippen molar-refractivity contribution in [2.24, 2.45) is 5.10 Å². The van der Waals surface area contributed by atoms with Crippen LogP contribution >= 0.6 is 31.9 Å². The highest BCUT2D eigenvalue weighted by Crippen LogP contribution is 2.12. The number of rotatable bonds is 5. The molecule has 0 aliphatic rings. The number of aromatic nitrogens is 2. The molecule has 3 rings (SSSR count). The summed E-state index contributed by atoms with van der Waals surface area (Å²) in [5, 5.41) is 8.24. The Labute approximate surface area is 162 Å². The minimum absolute atomic E-state index is 0.322. The van der Waals surface area contributed by atoms with E-state index < -0.39 is 0 Å². The molecule has 0 aliphatic heterocycles. The summed E-state index contributed by atoms with van der Waals surface area (Å²) in [5.74, 6) is -0.346. The molecule has 0 unspecified atom stereocenters. The van der Waals surface area contributed by atoms with E-state index in [2.05, 4.69) is 47.5 Å². The highest BCUT2D eigenvalue weighted by atomic mass is 79.9. The molecule has 3 aromatic rings. The molecule has 0 aliphatic carbocycles. The number of hydrogen-bond acceptors (Lipinski definition) is 3. The van der Waals surface area contributed by atoms with Crippen molar-refractivity contribution in [1.29, 1.82) is 0 Å². The summed E-state index contributed by atoms with van der Waals surface area (Å²) in [4.78, 5) is 12.1. The van der Waals surface area contributed by atoms with Gasteiger partial charge in [-0.2, -0.15) is 10.2 Å². The zero-order valence-electron chi connectivity index (χ0n) is 13.1. The van der Waals surface area contributed by atoms with Crippen molar-refractivity contribution in [2.45, 2.75) is 6.54 Å². The molecule has 2 aromatic carbocycles. The smallest absolute Gasteiger partial charge is 0.268 e. The maximum absolute atomic E-state index is 12.1. The molecule has 0 bridgehead atoms. The van der Waals surface area contributed by atoms with Gasteiger partial charge in [-0.3, -0.25) is 9.48 Å². The largest absolute Gasteiger partial charge is 0.291 e. The van der Waals surface area contributed by atoms with Gasteiger partial charge in [0.1, 0.15) is 0 Å². The Hall–Kier alpha value is -2.25. The first-order valence-electron chi connectivity index (χ1n) is 7.47. The molecule has 0 radical (unpaired) electrons. The molecular formula is C18H14Br2N4O. The summed E-state index contributed by atoms with van der Waals surface area (Å²) in [6, 6.07) is 17.2. The first kappa shape index (κ1) is 17.6. The quantitative estimate of drug-likeness (QED) is 0.456. The van der Waals surface area contributed by atoms with E-state index in [-0.39, 0.29) is 5.91 Å². The lowest BCUT2D eigenvalue weighted by molar-refractivity contribution is 0.0949. The summed E-state index contributed by atoms with van der Waals surface area (Å²) in [6.45, 7) is 0.592. The molecule has 0 saturated carbocycles. The van der Waals surface area contributed by atoms with Crippen LogP contribution in [0.1, 0.15) is 21.6 Å². The third kappa shape index (κ3) is 5.11. The van der Waals surface area contributed by atoms with Crippen molar-refractivity contribution in [1.82, 2.24) is 15.2 Å². The molecule has 1 amide bonds. The van der Waals surface area contributed by atoms with E-state index in [1.54, 1.807) is 23.2 Å². The van der Waals surface area contributed by atoms with Gasteiger partial charge in [0, 0.05) is 15.1 Å². The Bertz CT molecular complexity index is 903. The van der Waals surface area contributed by atoms with Crippen LogP contribution in [0.25, 0.3) is 0 Å². The van der Waals surface area contributed by atoms with Crippen LogP contribution in [0.2, 0.25) is 0 Å². The number of benzene rings is 2. The number of hydrazone groups is 1. The monoisotopic (exact) mass is 460 g/mol. The molecule has 0 saturated heterocycles. The zero-order chi connectivity index (χ0) is 17.6. The SMILES string of the molecule is O=C(N/N=C/c1ccc(Br)cc1)c1ccn(Cc2cccc(Br)c2)n1. The van der Waals surface area contributed by atoms with E-state index in [0.29, 0.717) is 12.2 Å². The summed E-state index contributed by atoms with van der Waals surface area (Å²) in [6.07, 6.45) is 3.36. The highest BCUT2D eigenvalue weighted by molar-refractivity contribution is 9.10. The van der Waals surface area contributed by atoms with Crippen LogP contribution in [0.5, 0.6) is 0 Å². The number of hydrogen-bond donors (Lipinski definition) is 1. The van der Waals surface area contributed by atoms with Gasteiger partial charge in [0.05, 0.1) is 12.8 Å². The summed E-state index contributed by atoms with van der Waals surface area (Å²) < 4.78 is 3.72. The molecule has 0 spiro atoms. The minimum Gasteiger partial charge on any atom is -0.268 e. The number of carbonyl (C=O) groups excluding carboxylic acids is 1. The molecule has 5 nitrogen and oxygen atoms in total. The van der Waals surface area contributed by atoms with Crippen molar-refractivity contribution < 1.29 is 4.79 Å². The lowest BCUT2D eigenvalue weighted by atomic mass is 10.2. The van der Waals surface area contributed by atoms with Gasteiger partial charge in [0.15, 0.2) is 5.69 Å². The van der Waals surface area contributed by atoms with Gasteiger partial charge in [0.2, 0.25) is 0 Å². The Morgan fingerprint density at radius 3 is 2.68 bits per heavy atom. The second kappa shape index (κ2) is 8.22. The molecule has 1 N–H and O–H groups in total. The maximum atomic E-state index is 12.1. The average Bonchev–Trinajstić information content (AvgIpc) is 3.05. The molecule has 1 heterocycles. The Morgan fingerprint density at radius 1 is 1.12 bits per heavy atom. The van der Waals surface area contributed by atoms with Gasteiger partial charge in [-0.15, -0.1) is 0 Å². The van der Waals surface area contributed by atoms with Gasteiger partial charge in [-0.25, -0.2) is 5.43 Å². The van der Waals surface area contributed by atoms with Crippen molar-refractivity contribution in [3.05, 3.63) is 86.6 Å². The standard InChI is InChI=1S/C18H14Br2N4O/c19-15-6-4-13(5-7-15)11-21-22-18(25)17-8-9-24(23-17)12-14-2-1-3-16(20)10-14/h1-11H,12H2,(H,22,25)/b21-11+. The Kier molecular flexibility index (Phi) is 5.78. The number of nitrogens with one attached hydrogen (secondary N) is 1. The third-order valence-electron chi connectivity index (χ3n) is 3.36. The normalized spacial score (nSPS) is 11.0. The van der Waals surface area contributed by atoms with Crippen LogP contribution in [0.4, 0.5) is 0 Å². The fourth-order valence-corrected chi connectivity index (χ4v) is 2.88. The van der Waals surface area contributed by atoms with Crippen LogP contribution in [0.15, 0.2) is 74.8 Å². The van der Waals surface area contributed by atoms with Gasteiger partial charge in [-0.05, 0) is 41.5 Å². The topological polar surface area (TPSA) is 59.3 Å². The molecular weight excluding hydrogens is 448 g/mol. The predicted octanol–water partition coefficient (Wildman–Crippen LogP) is 4.22. The van der Waals surface area contributed by atoms with Crippen molar-refractivity contribution in [3.8, 4) is 0 Å². The summed E-state index contributed by atoms with van der Waals surface area (Å²) >= 11 is 6.81. The molecule has 0 atom stereocenters. The second-order valence-corrected chi connectivity index (χ2v) is 7.11. The van der Waals surface area contributed by atoms with E-state index in [1.165, 1.54) is 0 Å².